The minimum absolute atomic E-state index is 0.0236. The van der Waals surface area contributed by atoms with Gasteiger partial charge in [-0.15, -0.1) is 0 Å². The number of benzene rings is 2. The molecule has 1 N–H and O–H groups in total. The Morgan fingerprint density at radius 3 is 2.79 bits per heavy atom. The van der Waals surface area contributed by atoms with Crippen molar-refractivity contribution in [1.82, 2.24) is 4.57 Å². The normalized spacial score (nSPS) is 13.0. The van der Waals surface area contributed by atoms with Crippen molar-refractivity contribution in [3.05, 3.63) is 54.7 Å². The first-order valence-electron chi connectivity index (χ1n) is 8.03. The van der Waals surface area contributed by atoms with E-state index in [1.165, 1.54) is 5.39 Å². The molecule has 1 aromatic heterocycles. The van der Waals surface area contributed by atoms with Gasteiger partial charge in [-0.25, -0.2) is 0 Å². The summed E-state index contributed by atoms with van der Waals surface area (Å²) < 4.78 is 13.1. The first-order chi connectivity index (χ1) is 11.8. The number of rotatable bonds is 4. The number of ether oxygens (including phenoxy) is 2. The van der Waals surface area contributed by atoms with Crippen LogP contribution in [0.5, 0.6) is 11.5 Å². The molecule has 0 bridgehead atoms. The fraction of sp³-hybridized carbons (Fsp3) is 0.211. The topological polar surface area (TPSA) is 52.5 Å². The summed E-state index contributed by atoms with van der Waals surface area (Å²) in [6, 6.07) is 15.7. The number of amides is 1. The Hall–Kier alpha value is -2.95. The number of nitrogens with zero attached hydrogens (tertiary/aromatic N) is 1. The second-order valence-corrected chi connectivity index (χ2v) is 5.72. The zero-order valence-electron chi connectivity index (χ0n) is 13.2. The van der Waals surface area contributed by atoms with Crippen LogP contribution in [0.4, 0.5) is 5.69 Å². The number of hydrogen-bond acceptors (Lipinski definition) is 3. The van der Waals surface area contributed by atoms with Crippen LogP contribution < -0.4 is 14.8 Å². The standard InChI is InChI=1S/C19H18N2O3/c22-19(8-10-21-9-7-14-3-1-2-4-16(14)21)20-15-5-6-17-18(13-15)24-12-11-23-17/h1-7,9,13H,8,10-12H2,(H,20,22). The van der Waals surface area contributed by atoms with Crippen LogP contribution in [-0.4, -0.2) is 23.7 Å². The molecule has 3 aromatic rings. The van der Waals surface area contributed by atoms with Crippen molar-refractivity contribution in [3.63, 3.8) is 0 Å². The molecule has 0 fully saturated rings. The average Bonchev–Trinajstić information content (AvgIpc) is 3.03. The molecule has 2 aromatic carbocycles. The molecule has 0 saturated carbocycles. The lowest BCUT2D eigenvalue weighted by molar-refractivity contribution is -0.116. The number of carbonyl (C=O) groups excluding carboxylic acids is 1. The van der Waals surface area contributed by atoms with Crippen LogP contribution in [-0.2, 0) is 11.3 Å². The number of hydrogen-bond donors (Lipinski definition) is 1. The third-order valence-corrected chi connectivity index (χ3v) is 4.09. The molecule has 4 rings (SSSR count). The maximum absolute atomic E-state index is 12.2. The van der Waals surface area contributed by atoms with Crippen molar-refractivity contribution in [3.8, 4) is 11.5 Å². The molecule has 24 heavy (non-hydrogen) atoms. The Morgan fingerprint density at radius 1 is 1.04 bits per heavy atom. The fourth-order valence-corrected chi connectivity index (χ4v) is 2.90. The van der Waals surface area contributed by atoms with Gasteiger partial charge >= 0.3 is 0 Å². The molecule has 1 aliphatic rings. The maximum Gasteiger partial charge on any atom is 0.226 e. The summed E-state index contributed by atoms with van der Waals surface area (Å²) in [5, 5.41) is 4.10. The van der Waals surface area contributed by atoms with E-state index in [-0.39, 0.29) is 5.91 Å². The molecular weight excluding hydrogens is 304 g/mol. The van der Waals surface area contributed by atoms with E-state index >= 15 is 0 Å². The third kappa shape index (κ3) is 2.93. The van der Waals surface area contributed by atoms with E-state index in [4.69, 9.17) is 9.47 Å². The van der Waals surface area contributed by atoms with Gasteiger partial charge in [-0.3, -0.25) is 4.79 Å². The predicted octanol–water partition coefficient (Wildman–Crippen LogP) is 3.44. The van der Waals surface area contributed by atoms with Gasteiger partial charge in [-0.2, -0.15) is 0 Å². The second-order valence-electron chi connectivity index (χ2n) is 5.72. The lowest BCUT2D eigenvalue weighted by Crippen LogP contribution is -2.17. The number of aromatic nitrogens is 1. The number of carbonyl (C=O) groups is 1. The van der Waals surface area contributed by atoms with Crippen LogP contribution in [0.15, 0.2) is 54.7 Å². The number of nitrogens with one attached hydrogen (secondary N) is 1. The van der Waals surface area contributed by atoms with E-state index in [0.29, 0.717) is 31.9 Å². The minimum Gasteiger partial charge on any atom is -0.486 e. The highest BCUT2D eigenvalue weighted by molar-refractivity contribution is 5.91. The lowest BCUT2D eigenvalue weighted by Gasteiger charge is -2.19. The van der Waals surface area contributed by atoms with Crippen LogP contribution in [0.1, 0.15) is 6.42 Å². The zero-order chi connectivity index (χ0) is 16.4. The van der Waals surface area contributed by atoms with Crippen molar-refractivity contribution in [2.24, 2.45) is 0 Å². The fourth-order valence-electron chi connectivity index (χ4n) is 2.90. The van der Waals surface area contributed by atoms with Gasteiger partial charge in [0.2, 0.25) is 5.91 Å². The molecule has 0 spiro atoms. The average molecular weight is 322 g/mol. The number of fused-ring (bicyclic) bond motifs is 2. The van der Waals surface area contributed by atoms with Gasteiger partial charge in [0.05, 0.1) is 0 Å². The molecule has 0 unspecified atom stereocenters. The summed E-state index contributed by atoms with van der Waals surface area (Å²) in [6.07, 6.45) is 2.43. The van der Waals surface area contributed by atoms with Crippen LogP contribution in [0.2, 0.25) is 0 Å². The monoisotopic (exact) mass is 322 g/mol. The SMILES string of the molecule is O=C(CCn1ccc2ccccc21)Nc1ccc2c(c1)OCCO2. The van der Waals surface area contributed by atoms with Crippen molar-refractivity contribution in [2.45, 2.75) is 13.0 Å². The highest BCUT2D eigenvalue weighted by atomic mass is 16.6. The molecule has 1 amide bonds. The van der Waals surface area contributed by atoms with E-state index in [9.17, 15) is 4.79 Å². The molecule has 0 saturated heterocycles. The summed E-state index contributed by atoms with van der Waals surface area (Å²) in [5.41, 5.74) is 1.87. The summed E-state index contributed by atoms with van der Waals surface area (Å²) >= 11 is 0. The van der Waals surface area contributed by atoms with Gasteiger partial charge in [0.25, 0.3) is 0 Å². The van der Waals surface area contributed by atoms with Gasteiger partial charge in [0.15, 0.2) is 11.5 Å². The molecule has 0 radical (unpaired) electrons. The Labute approximate surface area is 139 Å². The third-order valence-electron chi connectivity index (χ3n) is 4.09. The summed E-state index contributed by atoms with van der Waals surface area (Å²) in [6.45, 7) is 1.73. The van der Waals surface area contributed by atoms with Gasteiger partial charge in [0.1, 0.15) is 13.2 Å². The molecular formula is C19H18N2O3. The molecule has 0 atom stereocenters. The molecule has 122 valence electrons. The summed E-state index contributed by atoms with van der Waals surface area (Å²) in [7, 11) is 0. The van der Waals surface area contributed by atoms with E-state index in [1.807, 2.05) is 30.5 Å². The summed E-state index contributed by atoms with van der Waals surface area (Å²) in [4.78, 5) is 12.2. The first kappa shape index (κ1) is 14.6. The van der Waals surface area contributed by atoms with Crippen molar-refractivity contribution >= 4 is 22.5 Å². The Bertz CT molecular complexity index is 885. The van der Waals surface area contributed by atoms with Crippen molar-refractivity contribution in [1.29, 1.82) is 0 Å². The predicted molar refractivity (Wildman–Crippen MR) is 92.6 cm³/mol. The number of aryl methyl sites for hydroxylation is 1. The first-order valence-corrected chi connectivity index (χ1v) is 8.03. The van der Waals surface area contributed by atoms with Crippen LogP contribution in [0.25, 0.3) is 10.9 Å². The Kier molecular flexibility index (Phi) is 3.83. The second kappa shape index (κ2) is 6.28. The van der Waals surface area contributed by atoms with Crippen LogP contribution in [0, 0.1) is 0 Å². The van der Waals surface area contributed by atoms with Gasteiger partial charge in [0, 0.05) is 36.4 Å². The van der Waals surface area contributed by atoms with Gasteiger partial charge < -0.3 is 19.4 Å². The molecule has 5 heteroatoms. The van der Waals surface area contributed by atoms with Gasteiger partial charge in [-0.1, -0.05) is 18.2 Å². The van der Waals surface area contributed by atoms with Crippen LogP contribution >= 0.6 is 0 Å². The smallest absolute Gasteiger partial charge is 0.226 e. The highest BCUT2D eigenvalue weighted by Gasteiger charge is 2.13. The quantitative estimate of drug-likeness (QED) is 0.800. The van der Waals surface area contributed by atoms with E-state index in [2.05, 4.69) is 28.1 Å². The highest BCUT2D eigenvalue weighted by Crippen LogP contribution is 2.32. The van der Waals surface area contributed by atoms with Crippen LogP contribution in [0.3, 0.4) is 0 Å². The molecule has 1 aliphatic heterocycles. The van der Waals surface area contributed by atoms with Crippen molar-refractivity contribution in [2.75, 3.05) is 18.5 Å². The van der Waals surface area contributed by atoms with E-state index in [0.717, 1.165) is 17.0 Å². The number of para-hydroxylation sites is 1. The summed E-state index contributed by atoms with van der Waals surface area (Å²) in [5.74, 6) is 1.37. The van der Waals surface area contributed by atoms with Crippen molar-refractivity contribution < 1.29 is 14.3 Å². The zero-order valence-corrected chi connectivity index (χ0v) is 13.2. The van der Waals surface area contributed by atoms with E-state index < -0.39 is 0 Å². The maximum atomic E-state index is 12.2. The number of anilines is 1. The molecule has 0 aliphatic carbocycles. The van der Waals surface area contributed by atoms with E-state index in [1.54, 1.807) is 6.07 Å². The minimum atomic E-state index is -0.0236. The molecule has 2 heterocycles. The molecule has 5 nitrogen and oxygen atoms in total. The lowest BCUT2D eigenvalue weighted by atomic mass is 10.2. The van der Waals surface area contributed by atoms with Gasteiger partial charge in [-0.05, 0) is 29.7 Å². The largest absolute Gasteiger partial charge is 0.486 e. The Morgan fingerprint density at radius 2 is 1.88 bits per heavy atom. The Balaban J connectivity index is 1.40.